The van der Waals surface area contributed by atoms with Crippen molar-refractivity contribution in [1.82, 2.24) is 4.31 Å². The largest absolute Gasteiger partial charge is 0.478 e. The Labute approximate surface area is 134 Å². The van der Waals surface area contributed by atoms with Crippen LogP contribution in [-0.4, -0.2) is 36.4 Å². The van der Waals surface area contributed by atoms with Crippen LogP contribution in [0.5, 0.6) is 0 Å². The van der Waals surface area contributed by atoms with Gasteiger partial charge < -0.3 is 5.11 Å². The fourth-order valence-corrected chi connectivity index (χ4v) is 5.16. The molecule has 1 saturated heterocycles. The maximum atomic E-state index is 12.8. The highest BCUT2D eigenvalue weighted by Crippen LogP contribution is 2.39. The summed E-state index contributed by atoms with van der Waals surface area (Å²) in [5.41, 5.74) is 0.293. The van der Waals surface area contributed by atoms with Crippen molar-refractivity contribution in [3.63, 3.8) is 0 Å². The van der Waals surface area contributed by atoms with E-state index in [9.17, 15) is 18.3 Å². The van der Waals surface area contributed by atoms with Crippen LogP contribution in [0.2, 0.25) is 5.02 Å². The Bertz CT molecular complexity index is 772. The zero-order valence-electron chi connectivity index (χ0n) is 12.0. The fourth-order valence-electron chi connectivity index (χ4n) is 3.07. The van der Waals surface area contributed by atoms with E-state index in [-0.39, 0.29) is 21.5 Å². The quantitative estimate of drug-likeness (QED) is 0.858. The van der Waals surface area contributed by atoms with Crippen LogP contribution >= 0.6 is 11.6 Å². The maximum absolute atomic E-state index is 12.8. The Balaban J connectivity index is 2.00. The number of allylic oxidation sites excluding steroid dienone is 1. The number of carbonyl (C=O) groups is 1. The van der Waals surface area contributed by atoms with Crippen molar-refractivity contribution in [3.8, 4) is 0 Å². The van der Waals surface area contributed by atoms with Crippen molar-refractivity contribution >= 4 is 27.6 Å². The van der Waals surface area contributed by atoms with Gasteiger partial charge in [-0.3, -0.25) is 0 Å². The maximum Gasteiger partial charge on any atom is 0.336 e. The third-order valence-corrected chi connectivity index (χ3v) is 6.73. The van der Waals surface area contributed by atoms with Gasteiger partial charge in [-0.05, 0) is 43.4 Å². The summed E-state index contributed by atoms with van der Waals surface area (Å²) in [6.07, 6.45) is 5.67. The van der Waals surface area contributed by atoms with Gasteiger partial charge in [0.2, 0.25) is 10.0 Å². The normalized spacial score (nSPS) is 24.6. The molecule has 0 spiro atoms. The zero-order chi connectivity index (χ0) is 16.1. The van der Waals surface area contributed by atoms with Gasteiger partial charge in [-0.2, -0.15) is 4.31 Å². The van der Waals surface area contributed by atoms with Crippen LogP contribution in [0.1, 0.15) is 28.8 Å². The number of carboxylic acids is 1. The summed E-state index contributed by atoms with van der Waals surface area (Å²) in [4.78, 5) is 11.2. The lowest BCUT2D eigenvalue weighted by Gasteiger charge is -2.48. The Morgan fingerprint density at radius 3 is 2.64 bits per heavy atom. The summed E-state index contributed by atoms with van der Waals surface area (Å²) in [6, 6.07) is 2.51. The summed E-state index contributed by atoms with van der Waals surface area (Å²) >= 11 is 6.01. The van der Waals surface area contributed by atoms with Crippen molar-refractivity contribution in [2.75, 3.05) is 6.54 Å². The first-order valence-electron chi connectivity index (χ1n) is 7.02. The number of benzene rings is 1. The molecule has 0 unspecified atom stereocenters. The van der Waals surface area contributed by atoms with Gasteiger partial charge in [0.05, 0.1) is 10.5 Å². The molecule has 1 aromatic carbocycles. The molecule has 0 bridgehead atoms. The van der Waals surface area contributed by atoms with E-state index in [1.54, 1.807) is 6.92 Å². The van der Waals surface area contributed by atoms with Gasteiger partial charge >= 0.3 is 5.97 Å². The van der Waals surface area contributed by atoms with E-state index >= 15 is 0 Å². The highest BCUT2D eigenvalue weighted by molar-refractivity contribution is 7.89. The fraction of sp³-hybridized carbons (Fsp3) is 0.400. The molecule has 1 aromatic rings. The van der Waals surface area contributed by atoms with Gasteiger partial charge in [-0.25, -0.2) is 13.2 Å². The monoisotopic (exact) mass is 341 g/mol. The number of nitrogens with zero attached hydrogens (tertiary/aromatic N) is 1. The number of halogens is 1. The molecule has 2 aliphatic rings. The van der Waals surface area contributed by atoms with Crippen molar-refractivity contribution in [1.29, 1.82) is 0 Å². The number of rotatable bonds is 3. The van der Waals surface area contributed by atoms with Crippen molar-refractivity contribution in [2.24, 2.45) is 5.92 Å². The molecule has 0 radical (unpaired) electrons. The Morgan fingerprint density at radius 1 is 1.32 bits per heavy atom. The second kappa shape index (κ2) is 5.37. The molecule has 1 fully saturated rings. The zero-order valence-corrected chi connectivity index (χ0v) is 13.6. The smallest absolute Gasteiger partial charge is 0.336 e. The summed E-state index contributed by atoms with van der Waals surface area (Å²) < 4.78 is 27.0. The van der Waals surface area contributed by atoms with Crippen LogP contribution in [0.3, 0.4) is 0 Å². The number of carboxylic acid groups (broad SMARTS) is 1. The molecule has 1 heterocycles. The molecular weight excluding hydrogens is 326 g/mol. The molecule has 2 atom stereocenters. The van der Waals surface area contributed by atoms with E-state index in [1.165, 1.54) is 16.4 Å². The van der Waals surface area contributed by atoms with Crippen molar-refractivity contribution < 1.29 is 18.3 Å². The summed E-state index contributed by atoms with van der Waals surface area (Å²) in [5.74, 6) is -0.821. The standard InChI is InChI=1S/C15H16ClNO4S/c1-9-12(15(18)19)6-11(7-13(9)16)22(20,21)17-8-10-4-2-3-5-14(10)17/h2-3,6-7,10,14H,4-5,8H2,1H3,(H,18,19)/t10-,14-/m0/s1. The van der Waals surface area contributed by atoms with Gasteiger partial charge in [0.1, 0.15) is 0 Å². The molecule has 0 saturated carbocycles. The first kappa shape index (κ1) is 15.5. The molecule has 1 N–H and O–H groups in total. The van der Waals surface area contributed by atoms with Gasteiger partial charge in [-0.1, -0.05) is 23.8 Å². The molecule has 1 aliphatic heterocycles. The van der Waals surface area contributed by atoms with Crippen molar-refractivity contribution in [3.05, 3.63) is 40.4 Å². The molecule has 118 valence electrons. The third kappa shape index (κ3) is 2.35. The van der Waals surface area contributed by atoms with Gasteiger partial charge in [0.15, 0.2) is 0 Å². The molecule has 3 rings (SSSR count). The highest BCUT2D eigenvalue weighted by Gasteiger charge is 2.46. The second-order valence-electron chi connectivity index (χ2n) is 5.73. The summed E-state index contributed by atoms with van der Waals surface area (Å²) in [5, 5.41) is 9.35. The van der Waals surface area contributed by atoms with Crippen LogP contribution in [0.4, 0.5) is 0 Å². The lowest BCUT2D eigenvalue weighted by atomic mass is 9.83. The molecule has 22 heavy (non-hydrogen) atoms. The number of hydrogen-bond donors (Lipinski definition) is 1. The minimum absolute atomic E-state index is 0.0247. The minimum atomic E-state index is -3.72. The topological polar surface area (TPSA) is 74.7 Å². The number of aromatic carboxylic acids is 1. The summed E-state index contributed by atoms with van der Waals surface area (Å²) in [6.45, 7) is 2.04. The van der Waals surface area contributed by atoms with Gasteiger partial charge in [0.25, 0.3) is 0 Å². The third-order valence-electron chi connectivity index (χ3n) is 4.47. The molecule has 7 heteroatoms. The Morgan fingerprint density at radius 2 is 2.00 bits per heavy atom. The van der Waals surface area contributed by atoms with E-state index in [1.807, 2.05) is 6.08 Å². The van der Waals surface area contributed by atoms with E-state index < -0.39 is 16.0 Å². The van der Waals surface area contributed by atoms with Crippen LogP contribution < -0.4 is 0 Å². The van der Waals surface area contributed by atoms with E-state index in [2.05, 4.69) is 6.08 Å². The predicted octanol–water partition coefficient (Wildman–Crippen LogP) is 2.69. The number of hydrogen-bond acceptors (Lipinski definition) is 3. The highest BCUT2D eigenvalue weighted by atomic mass is 35.5. The average Bonchev–Trinajstić information content (AvgIpc) is 2.42. The van der Waals surface area contributed by atoms with Crippen LogP contribution in [-0.2, 0) is 10.0 Å². The average molecular weight is 342 g/mol. The lowest BCUT2D eigenvalue weighted by molar-refractivity contribution is 0.0696. The minimum Gasteiger partial charge on any atom is -0.478 e. The SMILES string of the molecule is Cc1c(Cl)cc(S(=O)(=O)N2C[C@@H]3CC=CC[C@@H]32)cc1C(=O)O. The van der Waals surface area contributed by atoms with Gasteiger partial charge in [-0.15, -0.1) is 0 Å². The van der Waals surface area contributed by atoms with Crippen molar-refractivity contribution in [2.45, 2.75) is 30.7 Å². The predicted molar refractivity (Wildman–Crippen MR) is 82.7 cm³/mol. The molecule has 0 amide bonds. The molecule has 5 nitrogen and oxygen atoms in total. The first-order valence-corrected chi connectivity index (χ1v) is 8.84. The molecular formula is C15H16ClNO4S. The van der Waals surface area contributed by atoms with Gasteiger partial charge in [0, 0.05) is 17.6 Å². The lowest BCUT2D eigenvalue weighted by Crippen LogP contribution is -2.58. The van der Waals surface area contributed by atoms with E-state index in [4.69, 9.17) is 11.6 Å². The summed E-state index contributed by atoms with van der Waals surface area (Å²) in [7, 11) is -3.72. The van der Waals surface area contributed by atoms with Crippen LogP contribution in [0.15, 0.2) is 29.2 Å². The van der Waals surface area contributed by atoms with E-state index in [0.717, 1.165) is 6.42 Å². The Kier molecular flexibility index (Phi) is 3.79. The molecule has 1 aliphatic carbocycles. The van der Waals surface area contributed by atoms with E-state index in [0.29, 0.717) is 24.4 Å². The number of fused-ring (bicyclic) bond motifs is 1. The van der Waals surface area contributed by atoms with Crippen LogP contribution in [0, 0.1) is 12.8 Å². The Hall–Kier alpha value is -1.37. The first-order chi connectivity index (χ1) is 10.3. The second-order valence-corrected chi connectivity index (χ2v) is 8.03. The number of sulfonamides is 1. The van der Waals surface area contributed by atoms with Crippen LogP contribution in [0.25, 0.3) is 0 Å². The molecule has 0 aromatic heterocycles.